The number of unbranched alkanes of at least 4 members (excludes halogenated alkanes) is 1. The van der Waals surface area contributed by atoms with Gasteiger partial charge in [-0.05, 0) is 123 Å². The molecule has 11 atom stereocenters. The van der Waals surface area contributed by atoms with E-state index in [0.29, 0.717) is 50.7 Å². The highest BCUT2D eigenvalue weighted by atomic mass is 33.1. The van der Waals surface area contributed by atoms with Crippen LogP contribution < -0.4 is 74.3 Å². The first kappa shape index (κ1) is 85.4. The summed E-state index contributed by atoms with van der Waals surface area (Å²) < 4.78 is 12.2. The summed E-state index contributed by atoms with van der Waals surface area (Å²) >= 11 is 5.46. The van der Waals surface area contributed by atoms with Crippen molar-refractivity contribution in [3.63, 3.8) is 0 Å². The number of aromatic hydroxyl groups is 3. The van der Waals surface area contributed by atoms with Gasteiger partial charge in [0.1, 0.15) is 77.1 Å². The lowest BCUT2D eigenvalue weighted by Gasteiger charge is -2.36. The number of H-pyrrole nitrogens is 1. The standard InChI is InChI=1S/C77H86N14O21S3/c1-38(93)64-73(107)89-59(72(106)91-65(39(2)94)74(108)109)37-115-114-36-58(71(105)86-55(27-41-15-18-44(95)19-16-41)69(103)87-56(28-42-32-79-52-13-7-6-12-47(42)52)70(104)85-53(67(101)90-64)14-8-9-25-78)88-68(102)54(26-40-10-4-3-5-11-40)83-62(98)33-80-66(100)57(35-92)84-63(99)34-81-76(113)82-43-17-22-49-48(29-43)75(110)112-77(49)50-23-20-45(96)30-60(50)111-61-31-46(97)21-24-51(61)77/h3-7,10-13,15-24,29-32,38-39,53-59,64-65,79,92-97H,8-9,14,25-28,33-37,78H2,1-2H3,(H,80,100)(H,83,98)(H,84,99)(H,85,104)(H,86,105)(H,87,103)(H,88,102)(H,89,107)(H,90,101)(H,91,106)(H,108,109)(H2,81,82,113)/t38-,39-,53+,54-,55+,56-,57+,58+,59-,64-,65+/m1/s1. The second-order valence-electron chi connectivity index (χ2n) is 27.3. The molecule has 4 heterocycles. The van der Waals surface area contributed by atoms with Gasteiger partial charge in [0.2, 0.25) is 59.1 Å². The van der Waals surface area contributed by atoms with Crippen molar-refractivity contribution < 1.29 is 103 Å². The first-order chi connectivity index (χ1) is 55.0. The summed E-state index contributed by atoms with van der Waals surface area (Å²) in [7, 11) is 1.59. The number of esters is 1. The molecular formula is C77H86N14O21S3. The van der Waals surface area contributed by atoms with Gasteiger partial charge in [-0.2, -0.15) is 0 Å². The maximum Gasteiger partial charge on any atom is 0.340 e. The fourth-order valence-electron chi connectivity index (χ4n) is 13.0. The number of aliphatic carboxylic acids is 1. The molecular weight excluding hydrogens is 1550 g/mol. The highest BCUT2D eigenvalue weighted by Crippen LogP contribution is 2.57. The molecule has 1 aromatic heterocycles. The number of anilines is 1. The molecule has 1 spiro atoms. The van der Waals surface area contributed by atoms with Crippen molar-refractivity contribution in [1.82, 2.24) is 63.5 Å². The summed E-state index contributed by atoms with van der Waals surface area (Å²) in [6.07, 6.45) is -2.14. The summed E-state index contributed by atoms with van der Waals surface area (Å²) in [5, 5.41) is 104. The first-order valence-corrected chi connectivity index (χ1v) is 39.2. The van der Waals surface area contributed by atoms with Gasteiger partial charge >= 0.3 is 11.9 Å². The number of thiocarbonyl (C=S) groups is 1. The Kier molecular flexibility index (Phi) is 29.0. The summed E-state index contributed by atoms with van der Waals surface area (Å²) in [4.78, 5) is 173. The molecule has 7 aromatic rings. The fourth-order valence-corrected chi connectivity index (χ4v) is 15.5. The van der Waals surface area contributed by atoms with Gasteiger partial charge in [-0.15, -0.1) is 0 Å². The molecule has 6 aromatic carbocycles. The van der Waals surface area contributed by atoms with E-state index in [1.165, 1.54) is 54.6 Å². The Labute approximate surface area is 669 Å². The Morgan fingerprint density at radius 2 is 1.23 bits per heavy atom. The van der Waals surface area contributed by atoms with Crippen LogP contribution in [0.25, 0.3) is 10.9 Å². The van der Waals surface area contributed by atoms with Crippen molar-refractivity contribution in [2.75, 3.05) is 43.1 Å². The molecule has 1 fully saturated rings. The summed E-state index contributed by atoms with van der Waals surface area (Å²) in [5.74, 6) is -13.7. The Bertz CT molecular complexity index is 4750. The quantitative estimate of drug-likeness (QED) is 0.0143. The van der Waals surface area contributed by atoms with Gasteiger partial charge in [0.15, 0.2) is 16.8 Å². The number of nitrogens with one attached hydrogen (secondary N) is 13. The van der Waals surface area contributed by atoms with E-state index in [-0.39, 0.29) is 83.8 Å². The number of fused-ring (bicyclic) bond motifs is 7. The van der Waals surface area contributed by atoms with E-state index in [2.05, 4.69) is 68.8 Å². The summed E-state index contributed by atoms with van der Waals surface area (Å²) in [5.41, 5.74) is 7.88. The second-order valence-corrected chi connectivity index (χ2v) is 30.3. The minimum absolute atomic E-state index is 0.102. The molecule has 115 heavy (non-hydrogen) atoms. The number of aliphatic hydroxyl groups is 3. The predicted molar refractivity (Wildman–Crippen MR) is 423 cm³/mol. The zero-order valence-corrected chi connectivity index (χ0v) is 64.2. The Morgan fingerprint density at radius 1 is 0.626 bits per heavy atom. The van der Waals surface area contributed by atoms with Crippen LogP contribution in [0.2, 0.25) is 0 Å². The second kappa shape index (κ2) is 39.1. The number of carbonyl (C=O) groups is 12. The van der Waals surface area contributed by atoms with Crippen LogP contribution in [0.5, 0.6) is 28.7 Å². The third-order valence-electron chi connectivity index (χ3n) is 18.9. The maximum atomic E-state index is 15.2. The molecule has 10 amide bonds. The number of benzene rings is 6. The third kappa shape index (κ3) is 21.8. The van der Waals surface area contributed by atoms with Gasteiger partial charge in [-0.25, -0.2) is 9.59 Å². The zero-order chi connectivity index (χ0) is 82.8. The monoisotopic (exact) mass is 1640 g/mol. The molecule has 0 unspecified atom stereocenters. The number of carboxylic acid groups (broad SMARTS) is 1. The predicted octanol–water partition coefficient (Wildman–Crippen LogP) is -0.291. The molecule has 3 aliphatic rings. The van der Waals surface area contributed by atoms with E-state index in [9.17, 15) is 78.9 Å². The smallest absolute Gasteiger partial charge is 0.340 e. The number of hydrogen-bond acceptors (Lipinski definition) is 24. The van der Waals surface area contributed by atoms with Gasteiger partial charge in [-0.3, -0.25) is 47.9 Å². The number of aromatic amines is 1. The molecule has 608 valence electrons. The largest absolute Gasteiger partial charge is 0.508 e. The fraction of sp³-hybridized carbons (Fsp3) is 0.338. The van der Waals surface area contributed by atoms with E-state index in [4.69, 9.17) is 27.4 Å². The van der Waals surface area contributed by atoms with Gasteiger partial charge in [0.25, 0.3) is 0 Å². The van der Waals surface area contributed by atoms with E-state index < -0.39 is 174 Å². The number of hydrogen-bond donors (Lipinski definition) is 21. The van der Waals surface area contributed by atoms with Crippen LogP contribution >= 0.6 is 33.8 Å². The molecule has 10 rings (SSSR count). The number of carboxylic acids is 1. The number of phenols is 3. The van der Waals surface area contributed by atoms with Crippen LogP contribution in [0, 0.1) is 0 Å². The molecule has 0 bridgehead atoms. The molecule has 0 saturated carbocycles. The number of para-hydroxylation sites is 1. The lowest BCUT2D eigenvalue weighted by molar-refractivity contribution is -0.145. The average molecular weight is 1640 g/mol. The summed E-state index contributed by atoms with van der Waals surface area (Å²) in [6, 6.07) is 18.9. The van der Waals surface area contributed by atoms with Crippen LogP contribution in [-0.2, 0) is 82.3 Å². The van der Waals surface area contributed by atoms with Crippen molar-refractivity contribution in [3.8, 4) is 28.7 Å². The van der Waals surface area contributed by atoms with Gasteiger partial charge < -0.3 is 120 Å². The molecule has 0 aliphatic carbocycles. The van der Waals surface area contributed by atoms with E-state index in [0.717, 1.165) is 35.4 Å². The van der Waals surface area contributed by atoms with E-state index in [1.807, 2.05) is 0 Å². The SMILES string of the molecule is C[C@@H](O)[C@H](NC(=O)[C@H]1CSSC[C@H](NC(=O)[C@@H](Cc2ccccc2)NC(=O)CNC(=O)[C@H](CO)NC(=O)CNC(=S)Nc2ccc3c(c2)C(=O)OC32c3ccc(O)cc3Oc3cc(O)ccc32)C(=O)N[C@@H](Cc2ccc(O)cc2)C(=O)N[C@H](Cc2c[nH]c3ccccc23)C(=O)N[C@@H](CCCCN)C(=O)N[C@H]([C@@H](C)O)C(=O)N1)C(=O)O. The van der Waals surface area contributed by atoms with Crippen molar-refractivity contribution in [1.29, 1.82) is 0 Å². The average Bonchev–Trinajstić information content (AvgIpc) is 1.59. The van der Waals surface area contributed by atoms with Gasteiger partial charge in [0, 0.05) is 82.4 Å². The lowest BCUT2D eigenvalue weighted by atomic mass is 9.77. The highest BCUT2D eigenvalue weighted by Gasteiger charge is 2.54. The van der Waals surface area contributed by atoms with Crippen molar-refractivity contribution >= 4 is 127 Å². The number of rotatable bonds is 26. The summed E-state index contributed by atoms with van der Waals surface area (Å²) in [6.45, 7) is -0.0284. The Balaban J connectivity index is 0.864. The van der Waals surface area contributed by atoms with Crippen molar-refractivity contribution in [2.45, 2.75) is 125 Å². The van der Waals surface area contributed by atoms with E-state index in [1.54, 1.807) is 85.1 Å². The van der Waals surface area contributed by atoms with Crippen LogP contribution in [0.3, 0.4) is 0 Å². The topological polar surface area (TPSA) is 551 Å². The minimum Gasteiger partial charge on any atom is -0.508 e. The number of nitrogens with two attached hydrogens (primary N) is 1. The van der Waals surface area contributed by atoms with Gasteiger partial charge in [-0.1, -0.05) is 88.3 Å². The van der Waals surface area contributed by atoms with Gasteiger partial charge in [0.05, 0.1) is 37.5 Å². The van der Waals surface area contributed by atoms with E-state index >= 15 is 14.4 Å². The normalized spacial score (nSPS) is 19.6. The number of carbonyl (C=O) groups excluding carboxylic acids is 11. The Hall–Kier alpha value is -12.1. The van der Waals surface area contributed by atoms with Crippen LogP contribution in [0.4, 0.5) is 5.69 Å². The van der Waals surface area contributed by atoms with Crippen LogP contribution in [-0.4, -0.2) is 221 Å². The highest BCUT2D eigenvalue weighted by molar-refractivity contribution is 8.76. The van der Waals surface area contributed by atoms with Crippen LogP contribution in [0.15, 0.2) is 140 Å². The molecule has 22 N–H and O–H groups in total. The van der Waals surface area contributed by atoms with Crippen molar-refractivity contribution in [3.05, 3.63) is 179 Å². The lowest BCUT2D eigenvalue weighted by Crippen LogP contribution is -2.62. The third-order valence-corrected chi connectivity index (χ3v) is 21.5. The number of phenolic OH excluding ortho intramolecular Hbond substituents is 3. The molecule has 1 saturated heterocycles. The molecule has 38 heteroatoms. The first-order valence-electron chi connectivity index (χ1n) is 36.3. The number of aromatic nitrogens is 1. The number of amides is 10. The number of ether oxygens (including phenoxy) is 2. The molecule has 35 nitrogen and oxygen atoms in total. The molecule has 3 aliphatic heterocycles. The Morgan fingerprint density at radius 3 is 1.88 bits per heavy atom. The number of aliphatic hydroxyl groups excluding tert-OH is 3. The zero-order valence-electron chi connectivity index (χ0n) is 61.8. The van der Waals surface area contributed by atoms with Crippen LogP contribution in [0.1, 0.15) is 76.8 Å². The minimum atomic E-state index is -1.93. The van der Waals surface area contributed by atoms with Crippen molar-refractivity contribution in [2.24, 2.45) is 5.73 Å². The maximum absolute atomic E-state index is 15.2. The molecule has 0 radical (unpaired) electrons.